The van der Waals surface area contributed by atoms with Gasteiger partial charge in [-0.2, -0.15) is 0 Å². The second-order valence-electron chi connectivity index (χ2n) is 5.00. The van der Waals surface area contributed by atoms with E-state index in [9.17, 15) is 13.9 Å². The number of hydrogen-bond acceptors (Lipinski definition) is 4. The molecule has 0 aliphatic heterocycles. The standard InChI is InChI=1S/C16H19F2NO3/c1-21-8-6-19(10-13-3-2-7-22-13)11-16(20)12-4-5-14(17)15(18)9-12/h2-5,7,9,16,20H,6,8,10-11H2,1H3. The van der Waals surface area contributed by atoms with Gasteiger partial charge in [-0.25, -0.2) is 8.78 Å². The van der Waals surface area contributed by atoms with E-state index in [0.29, 0.717) is 25.3 Å². The molecule has 0 saturated heterocycles. The van der Waals surface area contributed by atoms with E-state index < -0.39 is 17.7 Å². The van der Waals surface area contributed by atoms with Crippen LogP contribution in [0.4, 0.5) is 8.78 Å². The average molecular weight is 311 g/mol. The molecule has 0 fully saturated rings. The van der Waals surface area contributed by atoms with Gasteiger partial charge in [0.1, 0.15) is 5.76 Å². The van der Waals surface area contributed by atoms with Crippen LogP contribution in [-0.2, 0) is 11.3 Å². The molecule has 1 heterocycles. The Morgan fingerprint density at radius 3 is 2.73 bits per heavy atom. The van der Waals surface area contributed by atoms with Crippen molar-refractivity contribution in [1.82, 2.24) is 4.90 Å². The molecule has 4 nitrogen and oxygen atoms in total. The first-order valence-electron chi connectivity index (χ1n) is 6.97. The summed E-state index contributed by atoms with van der Waals surface area (Å²) >= 11 is 0. The predicted octanol–water partition coefficient (Wildman–Crippen LogP) is 2.74. The molecule has 1 unspecified atom stereocenters. The maximum Gasteiger partial charge on any atom is 0.159 e. The molecule has 0 spiro atoms. The molecule has 1 aromatic carbocycles. The molecule has 2 aromatic rings. The summed E-state index contributed by atoms with van der Waals surface area (Å²) in [4.78, 5) is 1.92. The van der Waals surface area contributed by atoms with Crippen LogP contribution in [0, 0.1) is 11.6 Å². The van der Waals surface area contributed by atoms with Crippen LogP contribution in [0.25, 0.3) is 0 Å². The first kappa shape index (κ1) is 16.6. The minimum Gasteiger partial charge on any atom is -0.468 e. The largest absolute Gasteiger partial charge is 0.468 e. The van der Waals surface area contributed by atoms with E-state index in [4.69, 9.17) is 9.15 Å². The molecule has 2 rings (SSSR count). The minimum atomic E-state index is -0.967. The Kier molecular flexibility index (Phi) is 6.06. The Labute approximate surface area is 127 Å². The highest BCUT2D eigenvalue weighted by Crippen LogP contribution is 2.18. The zero-order valence-corrected chi connectivity index (χ0v) is 12.3. The Morgan fingerprint density at radius 2 is 2.09 bits per heavy atom. The number of methoxy groups -OCH3 is 1. The van der Waals surface area contributed by atoms with E-state index in [2.05, 4.69) is 0 Å². The summed E-state index contributed by atoms with van der Waals surface area (Å²) in [6.07, 6.45) is 0.650. The molecule has 0 amide bonds. The van der Waals surface area contributed by atoms with Gasteiger partial charge in [-0.05, 0) is 29.8 Å². The summed E-state index contributed by atoms with van der Waals surface area (Å²) < 4.78 is 36.5. The van der Waals surface area contributed by atoms with E-state index in [1.807, 2.05) is 11.0 Å². The second-order valence-corrected chi connectivity index (χ2v) is 5.00. The zero-order valence-electron chi connectivity index (χ0n) is 12.3. The third-order valence-corrected chi connectivity index (χ3v) is 3.33. The van der Waals surface area contributed by atoms with E-state index in [1.54, 1.807) is 19.4 Å². The van der Waals surface area contributed by atoms with Gasteiger partial charge < -0.3 is 14.3 Å². The van der Waals surface area contributed by atoms with Gasteiger partial charge in [-0.15, -0.1) is 0 Å². The van der Waals surface area contributed by atoms with E-state index in [0.717, 1.165) is 17.9 Å². The molecule has 120 valence electrons. The first-order valence-corrected chi connectivity index (χ1v) is 6.97. The summed E-state index contributed by atoms with van der Waals surface area (Å²) in [6.45, 7) is 1.83. The van der Waals surface area contributed by atoms with Gasteiger partial charge in [0.15, 0.2) is 11.6 Å². The lowest BCUT2D eigenvalue weighted by molar-refractivity contribution is 0.0809. The third-order valence-electron chi connectivity index (χ3n) is 3.33. The molecule has 1 aromatic heterocycles. The van der Waals surface area contributed by atoms with Crippen LogP contribution in [-0.4, -0.2) is 36.8 Å². The molecule has 0 bridgehead atoms. The van der Waals surface area contributed by atoms with Gasteiger partial charge in [0.2, 0.25) is 0 Å². The Balaban J connectivity index is 2.02. The van der Waals surface area contributed by atoms with Gasteiger partial charge >= 0.3 is 0 Å². The average Bonchev–Trinajstić information content (AvgIpc) is 3.00. The van der Waals surface area contributed by atoms with Crippen molar-refractivity contribution < 1.29 is 23.0 Å². The summed E-state index contributed by atoms with van der Waals surface area (Å²) in [5, 5.41) is 10.2. The first-order chi connectivity index (χ1) is 10.6. The Morgan fingerprint density at radius 1 is 1.27 bits per heavy atom. The van der Waals surface area contributed by atoms with Gasteiger partial charge in [0.05, 0.1) is 25.5 Å². The fraction of sp³-hybridized carbons (Fsp3) is 0.375. The lowest BCUT2D eigenvalue weighted by atomic mass is 10.1. The molecule has 0 aliphatic carbocycles. The Bertz CT molecular complexity index is 575. The number of halogens is 2. The van der Waals surface area contributed by atoms with Crippen molar-refractivity contribution in [2.24, 2.45) is 0 Å². The summed E-state index contributed by atoms with van der Waals surface area (Å²) in [6, 6.07) is 7.03. The monoisotopic (exact) mass is 311 g/mol. The minimum absolute atomic E-state index is 0.259. The summed E-state index contributed by atoms with van der Waals surface area (Å²) in [5.41, 5.74) is 0.334. The number of furan rings is 1. The van der Waals surface area contributed by atoms with Gasteiger partial charge in [-0.1, -0.05) is 6.07 Å². The second kappa shape index (κ2) is 8.03. The summed E-state index contributed by atoms with van der Waals surface area (Å²) in [7, 11) is 1.59. The number of benzene rings is 1. The van der Waals surface area contributed by atoms with Crippen molar-refractivity contribution in [3.05, 3.63) is 59.6 Å². The highest BCUT2D eigenvalue weighted by atomic mass is 19.2. The fourth-order valence-corrected chi connectivity index (χ4v) is 2.15. The van der Waals surface area contributed by atoms with Gasteiger partial charge in [0, 0.05) is 20.2 Å². The molecule has 0 radical (unpaired) electrons. The number of aliphatic hydroxyl groups is 1. The van der Waals surface area contributed by atoms with Crippen LogP contribution in [0.15, 0.2) is 41.0 Å². The molecule has 6 heteroatoms. The third kappa shape index (κ3) is 4.62. The molecule has 0 aliphatic rings. The number of rotatable bonds is 8. The van der Waals surface area contributed by atoms with Crippen LogP contribution < -0.4 is 0 Å². The van der Waals surface area contributed by atoms with Gasteiger partial charge in [0.25, 0.3) is 0 Å². The van der Waals surface area contributed by atoms with E-state index >= 15 is 0 Å². The van der Waals surface area contributed by atoms with Crippen LogP contribution in [0.2, 0.25) is 0 Å². The maximum absolute atomic E-state index is 13.3. The number of aliphatic hydroxyl groups excluding tert-OH is 1. The fourth-order valence-electron chi connectivity index (χ4n) is 2.15. The molecule has 0 saturated carbocycles. The lowest BCUT2D eigenvalue weighted by Crippen LogP contribution is -2.31. The molecule has 1 atom stereocenters. The van der Waals surface area contributed by atoms with Crippen LogP contribution in [0.3, 0.4) is 0 Å². The van der Waals surface area contributed by atoms with E-state index in [1.165, 1.54) is 6.07 Å². The highest BCUT2D eigenvalue weighted by molar-refractivity contribution is 5.20. The topological polar surface area (TPSA) is 45.8 Å². The summed E-state index contributed by atoms with van der Waals surface area (Å²) in [5.74, 6) is -1.14. The van der Waals surface area contributed by atoms with Crippen LogP contribution in [0.1, 0.15) is 17.4 Å². The number of hydrogen-bond donors (Lipinski definition) is 1. The number of nitrogens with zero attached hydrogens (tertiary/aromatic N) is 1. The number of ether oxygens (including phenoxy) is 1. The Hall–Kier alpha value is -1.76. The van der Waals surface area contributed by atoms with Crippen molar-refractivity contribution in [3.8, 4) is 0 Å². The zero-order chi connectivity index (χ0) is 15.9. The van der Waals surface area contributed by atoms with Gasteiger partial charge in [-0.3, -0.25) is 4.90 Å². The smallest absolute Gasteiger partial charge is 0.159 e. The highest BCUT2D eigenvalue weighted by Gasteiger charge is 2.16. The quantitative estimate of drug-likeness (QED) is 0.814. The lowest BCUT2D eigenvalue weighted by Gasteiger charge is -2.24. The van der Waals surface area contributed by atoms with Crippen LogP contribution >= 0.6 is 0 Å². The predicted molar refractivity (Wildman–Crippen MR) is 77.2 cm³/mol. The molecular weight excluding hydrogens is 292 g/mol. The normalized spacial score (nSPS) is 12.8. The van der Waals surface area contributed by atoms with Crippen molar-refractivity contribution in [2.75, 3.05) is 26.8 Å². The van der Waals surface area contributed by atoms with Crippen molar-refractivity contribution >= 4 is 0 Å². The molecule has 22 heavy (non-hydrogen) atoms. The molecular formula is C16H19F2NO3. The SMILES string of the molecule is COCCN(Cc1ccco1)CC(O)c1ccc(F)c(F)c1. The van der Waals surface area contributed by atoms with Crippen molar-refractivity contribution in [2.45, 2.75) is 12.6 Å². The van der Waals surface area contributed by atoms with Crippen molar-refractivity contribution in [3.63, 3.8) is 0 Å². The van der Waals surface area contributed by atoms with Crippen LogP contribution in [0.5, 0.6) is 0 Å². The maximum atomic E-state index is 13.3. The molecule has 1 N–H and O–H groups in total. The van der Waals surface area contributed by atoms with E-state index in [-0.39, 0.29) is 6.54 Å². The van der Waals surface area contributed by atoms with Crippen molar-refractivity contribution in [1.29, 1.82) is 0 Å².